The first-order chi connectivity index (χ1) is 6.75. The van der Waals surface area contributed by atoms with Crippen LogP contribution in [0.1, 0.15) is 0 Å². The normalized spacial score (nSPS) is 16.4. The topological polar surface area (TPSA) is 24.1 Å². The van der Waals surface area contributed by atoms with Crippen LogP contribution in [0, 0.1) is 17.6 Å². The summed E-state index contributed by atoms with van der Waals surface area (Å²) in [6.45, 7) is 2.67. The zero-order chi connectivity index (χ0) is 9.97. The van der Waals surface area contributed by atoms with E-state index in [0.29, 0.717) is 11.6 Å². The molecule has 76 valence electrons. The van der Waals surface area contributed by atoms with E-state index in [1.54, 1.807) is 0 Å². The van der Waals surface area contributed by atoms with Gasteiger partial charge in [0, 0.05) is 31.6 Å². The molecular formula is C10H12F2N2. The van der Waals surface area contributed by atoms with Gasteiger partial charge >= 0.3 is 0 Å². The molecule has 0 amide bonds. The molecule has 0 saturated carbocycles. The van der Waals surface area contributed by atoms with Gasteiger partial charge in [-0.2, -0.15) is 0 Å². The molecule has 2 nitrogen and oxygen atoms in total. The van der Waals surface area contributed by atoms with Gasteiger partial charge in [0.2, 0.25) is 0 Å². The fourth-order valence-corrected chi connectivity index (χ4v) is 1.38. The van der Waals surface area contributed by atoms with Crippen LogP contribution < -0.4 is 10.6 Å². The van der Waals surface area contributed by atoms with Gasteiger partial charge in [0.15, 0.2) is 0 Å². The summed E-state index contributed by atoms with van der Waals surface area (Å²) in [5.74, 6) is -0.518. The highest BCUT2D eigenvalue weighted by molar-refractivity contribution is 5.44. The fourth-order valence-electron chi connectivity index (χ4n) is 1.38. The molecule has 1 aromatic rings. The zero-order valence-electron chi connectivity index (χ0n) is 7.69. The summed E-state index contributed by atoms with van der Waals surface area (Å²) in [6, 6.07) is 3.57. The summed E-state index contributed by atoms with van der Waals surface area (Å²) in [5.41, 5.74) is 0.373. The average molecular weight is 198 g/mol. The number of anilines is 1. The smallest absolute Gasteiger partial charge is 0.149 e. The fraction of sp³-hybridized carbons (Fsp3) is 0.400. The van der Waals surface area contributed by atoms with Crippen LogP contribution in [-0.4, -0.2) is 19.6 Å². The molecule has 4 heteroatoms. The van der Waals surface area contributed by atoms with Crippen LogP contribution in [0.3, 0.4) is 0 Å². The summed E-state index contributed by atoms with van der Waals surface area (Å²) in [6.07, 6.45) is 0. The van der Waals surface area contributed by atoms with Crippen molar-refractivity contribution in [2.24, 2.45) is 5.92 Å². The molecule has 1 aromatic carbocycles. The summed E-state index contributed by atoms with van der Waals surface area (Å²) < 4.78 is 25.7. The average Bonchev–Trinajstić information content (AvgIpc) is 2.05. The largest absolute Gasteiger partial charge is 0.382 e. The number of hydrogen-bond donors (Lipinski definition) is 2. The molecule has 0 bridgehead atoms. The minimum atomic E-state index is -0.543. The quantitative estimate of drug-likeness (QED) is 0.770. The van der Waals surface area contributed by atoms with Gasteiger partial charge in [-0.15, -0.1) is 0 Å². The van der Waals surface area contributed by atoms with Gasteiger partial charge in [-0.1, -0.05) is 0 Å². The Morgan fingerprint density at radius 2 is 2.14 bits per heavy atom. The van der Waals surface area contributed by atoms with Crippen molar-refractivity contribution in [1.82, 2.24) is 5.32 Å². The van der Waals surface area contributed by atoms with Crippen LogP contribution in [0.5, 0.6) is 0 Å². The van der Waals surface area contributed by atoms with Gasteiger partial charge in [0.05, 0.1) is 5.69 Å². The maximum absolute atomic E-state index is 13.1. The third-order valence-electron chi connectivity index (χ3n) is 2.38. The number of halogens is 2. The minimum absolute atomic E-state index is 0.373. The molecule has 2 N–H and O–H groups in total. The van der Waals surface area contributed by atoms with E-state index < -0.39 is 11.6 Å². The SMILES string of the molecule is Fc1ccc(NCC2CNC2)c(F)c1. The zero-order valence-corrected chi connectivity index (χ0v) is 7.69. The van der Waals surface area contributed by atoms with Crippen molar-refractivity contribution in [2.45, 2.75) is 0 Å². The lowest BCUT2D eigenvalue weighted by atomic mass is 10.0. The second-order valence-electron chi connectivity index (χ2n) is 3.53. The van der Waals surface area contributed by atoms with Crippen LogP contribution in [0.25, 0.3) is 0 Å². The Morgan fingerprint density at radius 3 is 2.71 bits per heavy atom. The van der Waals surface area contributed by atoms with Crippen LogP contribution >= 0.6 is 0 Å². The lowest BCUT2D eigenvalue weighted by Gasteiger charge is -2.27. The highest BCUT2D eigenvalue weighted by atomic mass is 19.1. The Balaban J connectivity index is 1.94. The Hall–Kier alpha value is -1.16. The van der Waals surface area contributed by atoms with Gasteiger partial charge in [-0.05, 0) is 12.1 Å². The van der Waals surface area contributed by atoms with Crippen molar-refractivity contribution >= 4 is 5.69 Å². The second-order valence-corrected chi connectivity index (χ2v) is 3.53. The van der Waals surface area contributed by atoms with Crippen molar-refractivity contribution in [3.8, 4) is 0 Å². The summed E-state index contributed by atoms with van der Waals surface area (Å²) in [7, 11) is 0. The highest BCUT2D eigenvalue weighted by Gasteiger charge is 2.16. The number of nitrogens with one attached hydrogen (secondary N) is 2. The van der Waals surface area contributed by atoms with E-state index in [1.807, 2.05) is 0 Å². The first-order valence-electron chi connectivity index (χ1n) is 4.65. The third kappa shape index (κ3) is 2.01. The van der Waals surface area contributed by atoms with E-state index in [0.717, 1.165) is 25.7 Å². The number of benzene rings is 1. The van der Waals surface area contributed by atoms with Crippen molar-refractivity contribution in [3.63, 3.8) is 0 Å². The monoisotopic (exact) mass is 198 g/mol. The molecule has 2 rings (SSSR count). The molecule has 0 aliphatic carbocycles. The first-order valence-corrected chi connectivity index (χ1v) is 4.65. The number of hydrogen-bond acceptors (Lipinski definition) is 2. The van der Waals surface area contributed by atoms with Crippen LogP contribution in [0.4, 0.5) is 14.5 Å². The Bertz CT molecular complexity index is 324. The maximum atomic E-state index is 13.1. The summed E-state index contributed by atoms with van der Waals surface area (Å²) in [5, 5.41) is 6.09. The van der Waals surface area contributed by atoms with Gasteiger partial charge in [0.1, 0.15) is 11.6 Å². The predicted molar refractivity (Wildman–Crippen MR) is 51.2 cm³/mol. The lowest BCUT2D eigenvalue weighted by molar-refractivity contribution is 0.365. The van der Waals surface area contributed by atoms with Gasteiger partial charge in [-0.25, -0.2) is 8.78 Å². The van der Waals surface area contributed by atoms with Crippen molar-refractivity contribution < 1.29 is 8.78 Å². The van der Waals surface area contributed by atoms with Gasteiger partial charge in [0.25, 0.3) is 0 Å². The van der Waals surface area contributed by atoms with E-state index in [1.165, 1.54) is 12.1 Å². The Morgan fingerprint density at radius 1 is 1.36 bits per heavy atom. The molecule has 0 spiro atoms. The van der Waals surface area contributed by atoms with Gasteiger partial charge < -0.3 is 10.6 Å². The summed E-state index contributed by atoms with van der Waals surface area (Å²) in [4.78, 5) is 0. The lowest BCUT2D eigenvalue weighted by Crippen LogP contribution is -2.45. The second kappa shape index (κ2) is 3.92. The van der Waals surface area contributed by atoms with Gasteiger partial charge in [-0.3, -0.25) is 0 Å². The molecule has 1 saturated heterocycles. The molecule has 14 heavy (non-hydrogen) atoms. The van der Waals surface area contributed by atoms with Crippen molar-refractivity contribution in [3.05, 3.63) is 29.8 Å². The molecule has 0 unspecified atom stereocenters. The number of rotatable bonds is 3. The Labute approximate surface area is 81.3 Å². The van der Waals surface area contributed by atoms with E-state index >= 15 is 0 Å². The third-order valence-corrected chi connectivity index (χ3v) is 2.38. The molecular weight excluding hydrogens is 186 g/mol. The van der Waals surface area contributed by atoms with Crippen LogP contribution in [-0.2, 0) is 0 Å². The first kappa shape index (κ1) is 9.40. The molecule has 1 aliphatic heterocycles. The summed E-state index contributed by atoms with van der Waals surface area (Å²) >= 11 is 0. The molecule has 0 atom stereocenters. The maximum Gasteiger partial charge on any atom is 0.149 e. The predicted octanol–water partition coefficient (Wildman–Crippen LogP) is 1.60. The molecule has 1 fully saturated rings. The van der Waals surface area contributed by atoms with E-state index in [9.17, 15) is 8.78 Å². The van der Waals surface area contributed by atoms with E-state index in [4.69, 9.17) is 0 Å². The molecule has 1 aliphatic rings. The van der Waals surface area contributed by atoms with Crippen molar-refractivity contribution in [1.29, 1.82) is 0 Å². The van der Waals surface area contributed by atoms with Crippen LogP contribution in [0.2, 0.25) is 0 Å². The van der Waals surface area contributed by atoms with Crippen molar-refractivity contribution in [2.75, 3.05) is 25.0 Å². The highest BCUT2D eigenvalue weighted by Crippen LogP contribution is 2.15. The molecule has 1 heterocycles. The molecule has 0 radical (unpaired) electrons. The molecule has 0 aromatic heterocycles. The standard InChI is InChI=1S/C10H12F2N2/c11-8-1-2-10(9(12)3-8)14-6-7-4-13-5-7/h1-3,7,13-14H,4-6H2. The minimum Gasteiger partial charge on any atom is -0.382 e. The van der Waals surface area contributed by atoms with E-state index in [2.05, 4.69) is 10.6 Å². The van der Waals surface area contributed by atoms with Crippen LogP contribution in [0.15, 0.2) is 18.2 Å². The van der Waals surface area contributed by atoms with E-state index in [-0.39, 0.29) is 0 Å². The Kier molecular flexibility index (Phi) is 2.63.